The van der Waals surface area contributed by atoms with Crippen LogP contribution in [0.2, 0.25) is 0 Å². The van der Waals surface area contributed by atoms with Gasteiger partial charge in [-0.1, -0.05) is 42.1 Å². The number of rotatable bonds is 7. The van der Waals surface area contributed by atoms with Gasteiger partial charge in [0.05, 0.1) is 13.2 Å². The van der Waals surface area contributed by atoms with Gasteiger partial charge in [0.2, 0.25) is 0 Å². The molecule has 5 heteroatoms. The lowest BCUT2D eigenvalue weighted by molar-refractivity contribution is -0.111. The lowest BCUT2D eigenvalue weighted by atomic mass is 10.2. The van der Waals surface area contributed by atoms with Gasteiger partial charge in [-0.2, -0.15) is 0 Å². The van der Waals surface area contributed by atoms with E-state index in [0.717, 1.165) is 5.75 Å². The van der Waals surface area contributed by atoms with E-state index in [0.29, 0.717) is 26.2 Å². The first-order valence-corrected chi connectivity index (χ1v) is 6.29. The van der Waals surface area contributed by atoms with Gasteiger partial charge in [-0.05, 0) is 5.56 Å². The summed E-state index contributed by atoms with van der Waals surface area (Å²) in [7, 11) is 0. The van der Waals surface area contributed by atoms with Crippen LogP contribution < -0.4 is 5.73 Å². The van der Waals surface area contributed by atoms with Crippen molar-refractivity contribution in [3.05, 3.63) is 35.9 Å². The fraction of sp³-hybridized carbons (Fsp3) is 0.417. The number of hydrogen-bond acceptors (Lipinski definition) is 4. The average Bonchev–Trinajstić information content (AvgIpc) is 2.33. The van der Waals surface area contributed by atoms with Gasteiger partial charge in [0.1, 0.15) is 0 Å². The van der Waals surface area contributed by atoms with Crippen LogP contribution in [-0.2, 0) is 15.3 Å². The van der Waals surface area contributed by atoms with Crippen molar-refractivity contribution in [3.63, 3.8) is 0 Å². The van der Waals surface area contributed by atoms with Crippen molar-refractivity contribution >= 4 is 29.3 Å². The Kier molecular flexibility index (Phi) is 10.3. The standard InChI is InChI=1S/C12H17NO2S.ClH/c13-7-9-15-8-6-12(14)16-10-11-4-2-1-3-5-11;/h1-5H,6-10,13H2;1H. The highest BCUT2D eigenvalue weighted by Gasteiger charge is 2.02. The first-order valence-electron chi connectivity index (χ1n) is 5.30. The molecule has 0 saturated heterocycles. The number of halogens is 1. The predicted octanol–water partition coefficient (Wildman–Crippen LogP) is 2.23. The van der Waals surface area contributed by atoms with Gasteiger partial charge in [-0.25, -0.2) is 0 Å². The highest BCUT2D eigenvalue weighted by atomic mass is 35.5. The lowest BCUT2D eigenvalue weighted by Crippen LogP contribution is -2.10. The van der Waals surface area contributed by atoms with E-state index in [-0.39, 0.29) is 17.5 Å². The molecule has 0 amide bonds. The number of thioether (sulfide) groups is 1. The Morgan fingerprint density at radius 3 is 2.59 bits per heavy atom. The molecule has 17 heavy (non-hydrogen) atoms. The molecule has 0 fully saturated rings. The smallest absolute Gasteiger partial charge is 0.191 e. The van der Waals surface area contributed by atoms with Gasteiger partial charge in [-0.15, -0.1) is 12.4 Å². The van der Waals surface area contributed by atoms with Gasteiger partial charge in [0.25, 0.3) is 0 Å². The third-order valence-electron chi connectivity index (χ3n) is 1.96. The van der Waals surface area contributed by atoms with Gasteiger partial charge in [-0.3, -0.25) is 4.79 Å². The third kappa shape index (κ3) is 8.21. The van der Waals surface area contributed by atoms with E-state index >= 15 is 0 Å². The van der Waals surface area contributed by atoms with Gasteiger partial charge in [0.15, 0.2) is 5.12 Å². The molecule has 0 unspecified atom stereocenters. The zero-order valence-corrected chi connectivity index (χ0v) is 11.3. The van der Waals surface area contributed by atoms with Gasteiger partial charge in [0, 0.05) is 18.7 Å². The molecule has 1 rings (SSSR count). The molecule has 0 saturated carbocycles. The quantitative estimate of drug-likeness (QED) is 0.776. The summed E-state index contributed by atoms with van der Waals surface area (Å²) in [6, 6.07) is 9.96. The summed E-state index contributed by atoms with van der Waals surface area (Å²) in [5.74, 6) is 0.733. The van der Waals surface area contributed by atoms with E-state index in [9.17, 15) is 4.79 Å². The van der Waals surface area contributed by atoms with Crippen molar-refractivity contribution in [1.82, 2.24) is 0 Å². The van der Waals surface area contributed by atoms with Crippen molar-refractivity contribution in [2.45, 2.75) is 12.2 Å². The molecule has 0 aliphatic rings. The van der Waals surface area contributed by atoms with Crippen LogP contribution in [0.4, 0.5) is 0 Å². The highest BCUT2D eigenvalue weighted by molar-refractivity contribution is 8.12. The second-order valence-corrected chi connectivity index (χ2v) is 4.33. The maximum Gasteiger partial charge on any atom is 0.191 e. The van der Waals surface area contributed by atoms with Gasteiger partial charge < -0.3 is 10.5 Å². The SMILES string of the molecule is Cl.NCCOCCC(=O)SCc1ccccc1. The number of benzene rings is 1. The first-order chi connectivity index (χ1) is 7.83. The van der Waals surface area contributed by atoms with Crippen LogP contribution in [-0.4, -0.2) is 24.9 Å². The first kappa shape index (κ1) is 16.4. The van der Waals surface area contributed by atoms with Gasteiger partial charge >= 0.3 is 0 Å². The third-order valence-corrected chi connectivity index (χ3v) is 2.96. The fourth-order valence-corrected chi connectivity index (χ4v) is 1.90. The Hall–Kier alpha value is -0.550. The van der Waals surface area contributed by atoms with Crippen molar-refractivity contribution < 1.29 is 9.53 Å². The summed E-state index contributed by atoms with van der Waals surface area (Å²) in [4.78, 5) is 11.4. The van der Waals surface area contributed by atoms with E-state index in [4.69, 9.17) is 10.5 Å². The molecule has 0 aliphatic carbocycles. The molecule has 1 aromatic carbocycles. The Morgan fingerprint density at radius 2 is 1.94 bits per heavy atom. The van der Waals surface area contributed by atoms with Crippen LogP contribution in [0, 0.1) is 0 Å². The monoisotopic (exact) mass is 275 g/mol. The summed E-state index contributed by atoms with van der Waals surface area (Å²) in [5.41, 5.74) is 6.44. The van der Waals surface area contributed by atoms with Crippen molar-refractivity contribution in [2.24, 2.45) is 5.73 Å². The number of ether oxygens (including phenoxy) is 1. The number of carbonyl (C=O) groups excluding carboxylic acids is 1. The van der Waals surface area contributed by atoms with E-state index in [1.54, 1.807) is 0 Å². The summed E-state index contributed by atoms with van der Waals surface area (Å²) in [5, 5.41) is 0.167. The minimum absolute atomic E-state index is 0. The number of carbonyl (C=O) groups is 1. The molecular weight excluding hydrogens is 258 g/mol. The molecule has 1 aromatic rings. The Morgan fingerprint density at radius 1 is 1.24 bits per heavy atom. The van der Waals surface area contributed by atoms with Crippen LogP contribution in [0.1, 0.15) is 12.0 Å². The lowest BCUT2D eigenvalue weighted by Gasteiger charge is -2.02. The fourth-order valence-electron chi connectivity index (χ4n) is 1.15. The zero-order valence-electron chi connectivity index (χ0n) is 9.63. The summed E-state index contributed by atoms with van der Waals surface area (Å²) in [6.45, 7) is 1.50. The summed E-state index contributed by atoms with van der Waals surface area (Å²) < 4.78 is 5.15. The molecule has 0 aromatic heterocycles. The normalized spacial score (nSPS) is 9.71. The second-order valence-electron chi connectivity index (χ2n) is 3.30. The van der Waals surface area contributed by atoms with Crippen LogP contribution in [0.3, 0.4) is 0 Å². The largest absolute Gasteiger partial charge is 0.380 e. The molecule has 2 N–H and O–H groups in total. The molecule has 3 nitrogen and oxygen atoms in total. The Bertz CT molecular complexity index is 309. The minimum Gasteiger partial charge on any atom is -0.380 e. The molecule has 0 spiro atoms. The van der Waals surface area contributed by atoms with Crippen LogP contribution >= 0.6 is 24.2 Å². The van der Waals surface area contributed by atoms with E-state index in [1.807, 2.05) is 30.3 Å². The minimum atomic E-state index is 0. The van der Waals surface area contributed by atoms with Crippen molar-refractivity contribution in [3.8, 4) is 0 Å². The highest BCUT2D eigenvalue weighted by Crippen LogP contribution is 2.13. The number of hydrogen-bond donors (Lipinski definition) is 1. The second kappa shape index (κ2) is 10.6. The maximum absolute atomic E-state index is 11.4. The van der Waals surface area contributed by atoms with E-state index in [1.165, 1.54) is 17.3 Å². The number of nitrogens with two attached hydrogens (primary N) is 1. The molecule has 0 aliphatic heterocycles. The molecule has 96 valence electrons. The molecule has 0 bridgehead atoms. The Labute approximate surface area is 113 Å². The Balaban J connectivity index is 0.00000256. The molecule has 0 radical (unpaired) electrons. The topological polar surface area (TPSA) is 52.3 Å². The maximum atomic E-state index is 11.4. The van der Waals surface area contributed by atoms with E-state index < -0.39 is 0 Å². The van der Waals surface area contributed by atoms with Crippen LogP contribution in [0.25, 0.3) is 0 Å². The van der Waals surface area contributed by atoms with Crippen LogP contribution in [0.5, 0.6) is 0 Å². The zero-order chi connectivity index (χ0) is 11.6. The summed E-state index contributed by atoms with van der Waals surface area (Å²) >= 11 is 1.34. The van der Waals surface area contributed by atoms with Crippen molar-refractivity contribution in [2.75, 3.05) is 19.8 Å². The molecule has 0 atom stereocenters. The summed E-state index contributed by atoms with van der Waals surface area (Å²) in [6.07, 6.45) is 0.456. The average molecular weight is 276 g/mol. The predicted molar refractivity (Wildman–Crippen MR) is 74.5 cm³/mol. The van der Waals surface area contributed by atoms with E-state index in [2.05, 4.69) is 0 Å². The van der Waals surface area contributed by atoms with Crippen LogP contribution in [0.15, 0.2) is 30.3 Å². The molecule has 0 heterocycles. The van der Waals surface area contributed by atoms with Crippen molar-refractivity contribution in [1.29, 1.82) is 0 Å². The molecular formula is C12H18ClNO2S.